The van der Waals surface area contributed by atoms with Crippen LogP contribution in [0, 0.1) is 11.3 Å². The van der Waals surface area contributed by atoms with Crippen molar-refractivity contribution in [2.45, 2.75) is 13.8 Å². The summed E-state index contributed by atoms with van der Waals surface area (Å²) in [6.07, 6.45) is 0. The summed E-state index contributed by atoms with van der Waals surface area (Å²) in [5, 5.41) is 13.7. The summed E-state index contributed by atoms with van der Waals surface area (Å²) in [4.78, 5) is 13.3. The minimum absolute atomic E-state index is 0.0799. The van der Waals surface area contributed by atoms with Gasteiger partial charge in [0.2, 0.25) is 5.91 Å². The lowest BCUT2D eigenvalue weighted by Gasteiger charge is -2.17. The second-order valence-electron chi connectivity index (χ2n) is 3.14. The maximum Gasteiger partial charge on any atom is 0.234 e. The Morgan fingerprint density at radius 1 is 1.40 bits per heavy atom. The number of nitrogens with zero attached hydrogens (tertiary/aromatic N) is 2. The highest BCUT2D eigenvalue weighted by molar-refractivity contribution is 5.78. The van der Waals surface area contributed by atoms with Gasteiger partial charge in [0, 0.05) is 13.1 Å². The number of nitrogens with one attached hydrogen (secondary N) is 2. The Kier molecular flexibility index (Phi) is 8.73. The van der Waals surface area contributed by atoms with Gasteiger partial charge < -0.3 is 15.5 Å². The Morgan fingerprint density at radius 2 is 2.07 bits per heavy atom. The van der Waals surface area contributed by atoms with E-state index in [2.05, 4.69) is 29.4 Å². The number of hydrogen-bond acceptors (Lipinski definition) is 4. The van der Waals surface area contributed by atoms with Crippen molar-refractivity contribution < 1.29 is 4.79 Å². The zero-order valence-corrected chi connectivity index (χ0v) is 9.55. The molecule has 0 heterocycles. The third-order valence-electron chi connectivity index (χ3n) is 2.15. The van der Waals surface area contributed by atoms with Gasteiger partial charge in [0.25, 0.3) is 0 Å². The first-order chi connectivity index (χ1) is 7.24. The van der Waals surface area contributed by atoms with E-state index >= 15 is 0 Å². The lowest BCUT2D eigenvalue weighted by molar-refractivity contribution is -0.120. The van der Waals surface area contributed by atoms with Crippen LogP contribution < -0.4 is 10.6 Å². The predicted octanol–water partition coefficient (Wildman–Crippen LogP) is -0.442. The molecule has 0 aliphatic rings. The molecule has 0 saturated heterocycles. The van der Waals surface area contributed by atoms with E-state index in [0.29, 0.717) is 0 Å². The summed E-state index contributed by atoms with van der Waals surface area (Å²) in [6.45, 7) is 8.38. The summed E-state index contributed by atoms with van der Waals surface area (Å²) < 4.78 is 0. The molecule has 0 aromatic rings. The van der Waals surface area contributed by atoms with Gasteiger partial charge in [-0.25, -0.2) is 0 Å². The maximum atomic E-state index is 11.0. The number of nitriles is 1. The summed E-state index contributed by atoms with van der Waals surface area (Å²) in [5.74, 6) is -0.129. The van der Waals surface area contributed by atoms with Gasteiger partial charge in [-0.1, -0.05) is 13.8 Å². The van der Waals surface area contributed by atoms with Gasteiger partial charge in [-0.15, -0.1) is 0 Å². The third kappa shape index (κ3) is 7.91. The summed E-state index contributed by atoms with van der Waals surface area (Å²) >= 11 is 0. The van der Waals surface area contributed by atoms with Crippen LogP contribution in [0.25, 0.3) is 0 Å². The van der Waals surface area contributed by atoms with Crippen molar-refractivity contribution >= 4 is 5.91 Å². The molecule has 5 nitrogen and oxygen atoms in total. The van der Waals surface area contributed by atoms with Crippen LogP contribution in [0.5, 0.6) is 0 Å². The molecule has 0 aromatic carbocycles. The van der Waals surface area contributed by atoms with Crippen LogP contribution in [0.2, 0.25) is 0 Å². The first-order valence-electron chi connectivity index (χ1n) is 5.31. The van der Waals surface area contributed by atoms with Crippen molar-refractivity contribution in [3.8, 4) is 6.07 Å². The van der Waals surface area contributed by atoms with E-state index in [1.165, 1.54) is 0 Å². The highest BCUT2D eigenvalue weighted by atomic mass is 16.1. The van der Waals surface area contributed by atoms with Crippen LogP contribution in [0.3, 0.4) is 0 Å². The molecule has 0 rings (SSSR count). The van der Waals surface area contributed by atoms with Crippen LogP contribution in [0.4, 0.5) is 0 Å². The Bertz CT molecular complexity index is 208. The Labute approximate surface area is 91.4 Å². The predicted molar refractivity (Wildman–Crippen MR) is 59.3 cm³/mol. The normalized spacial score (nSPS) is 10.0. The quantitative estimate of drug-likeness (QED) is 0.423. The Hall–Kier alpha value is -1.12. The minimum atomic E-state index is -0.129. The third-order valence-corrected chi connectivity index (χ3v) is 2.15. The molecule has 0 saturated carbocycles. The van der Waals surface area contributed by atoms with Gasteiger partial charge in [-0.3, -0.25) is 4.79 Å². The molecule has 5 heteroatoms. The minimum Gasteiger partial charge on any atom is -0.342 e. The standard InChI is InChI=1S/C10H20N4O/c1-3-14(4-2)8-7-12-9-10(15)13-6-5-11/h12H,3-4,6-9H2,1-2H3,(H,13,15). The van der Waals surface area contributed by atoms with Crippen molar-refractivity contribution in [3.63, 3.8) is 0 Å². The molecule has 86 valence electrons. The highest BCUT2D eigenvalue weighted by Gasteiger charge is 2.00. The van der Waals surface area contributed by atoms with Crippen molar-refractivity contribution in [1.29, 1.82) is 5.26 Å². The average molecular weight is 212 g/mol. The summed E-state index contributed by atoms with van der Waals surface area (Å²) in [7, 11) is 0. The number of likely N-dealkylation sites (N-methyl/N-ethyl adjacent to an activating group) is 1. The molecule has 0 aliphatic carbocycles. The molecule has 0 unspecified atom stereocenters. The lowest BCUT2D eigenvalue weighted by Crippen LogP contribution is -2.38. The fourth-order valence-corrected chi connectivity index (χ4v) is 1.18. The van der Waals surface area contributed by atoms with Crippen molar-refractivity contribution in [3.05, 3.63) is 0 Å². The van der Waals surface area contributed by atoms with Gasteiger partial charge in [0.05, 0.1) is 12.6 Å². The van der Waals surface area contributed by atoms with Crippen LogP contribution in [0.15, 0.2) is 0 Å². The van der Waals surface area contributed by atoms with Crippen molar-refractivity contribution in [2.24, 2.45) is 0 Å². The summed E-state index contributed by atoms with van der Waals surface area (Å²) in [5.41, 5.74) is 0. The molecule has 2 N–H and O–H groups in total. The van der Waals surface area contributed by atoms with E-state index in [4.69, 9.17) is 5.26 Å². The average Bonchev–Trinajstić information content (AvgIpc) is 2.26. The van der Waals surface area contributed by atoms with Crippen LogP contribution in [-0.4, -0.2) is 50.1 Å². The second kappa shape index (κ2) is 9.44. The summed E-state index contributed by atoms with van der Waals surface area (Å²) in [6, 6.07) is 1.86. The van der Waals surface area contributed by atoms with Gasteiger partial charge in [-0.05, 0) is 13.1 Å². The molecule has 0 radical (unpaired) electrons. The number of carbonyl (C=O) groups is 1. The number of carbonyl (C=O) groups excluding carboxylic acids is 1. The SMILES string of the molecule is CCN(CC)CCNCC(=O)NCC#N. The van der Waals surface area contributed by atoms with Gasteiger partial charge in [-0.2, -0.15) is 5.26 Å². The van der Waals surface area contributed by atoms with E-state index in [1.807, 2.05) is 6.07 Å². The smallest absolute Gasteiger partial charge is 0.234 e. The maximum absolute atomic E-state index is 11.0. The molecule has 1 amide bonds. The Balaban J connectivity index is 3.38. The topological polar surface area (TPSA) is 68.2 Å². The highest BCUT2D eigenvalue weighted by Crippen LogP contribution is 1.83. The van der Waals surface area contributed by atoms with Crippen LogP contribution in [0.1, 0.15) is 13.8 Å². The van der Waals surface area contributed by atoms with Gasteiger partial charge in [0.1, 0.15) is 6.54 Å². The number of hydrogen-bond donors (Lipinski definition) is 2. The van der Waals surface area contributed by atoms with Gasteiger partial charge >= 0.3 is 0 Å². The number of rotatable bonds is 8. The van der Waals surface area contributed by atoms with E-state index in [-0.39, 0.29) is 19.0 Å². The largest absolute Gasteiger partial charge is 0.342 e. The first-order valence-corrected chi connectivity index (χ1v) is 5.31. The fraction of sp³-hybridized carbons (Fsp3) is 0.800. The number of amides is 1. The molecule has 15 heavy (non-hydrogen) atoms. The zero-order chi connectivity index (χ0) is 11.5. The fourth-order valence-electron chi connectivity index (χ4n) is 1.18. The van der Waals surface area contributed by atoms with Crippen molar-refractivity contribution in [1.82, 2.24) is 15.5 Å². The van der Waals surface area contributed by atoms with Crippen LogP contribution in [-0.2, 0) is 4.79 Å². The van der Waals surface area contributed by atoms with E-state index in [9.17, 15) is 4.79 Å². The molecule has 0 aliphatic heterocycles. The molecular formula is C10H20N4O. The first kappa shape index (κ1) is 13.9. The zero-order valence-electron chi connectivity index (χ0n) is 9.55. The molecule has 0 atom stereocenters. The van der Waals surface area contributed by atoms with E-state index in [1.54, 1.807) is 0 Å². The molecule has 0 fully saturated rings. The Morgan fingerprint density at radius 3 is 2.60 bits per heavy atom. The second-order valence-corrected chi connectivity index (χ2v) is 3.14. The van der Waals surface area contributed by atoms with Gasteiger partial charge in [0.15, 0.2) is 0 Å². The van der Waals surface area contributed by atoms with Crippen molar-refractivity contribution in [2.75, 3.05) is 39.3 Å². The monoisotopic (exact) mass is 212 g/mol. The van der Waals surface area contributed by atoms with E-state index in [0.717, 1.165) is 26.2 Å². The van der Waals surface area contributed by atoms with Crippen LogP contribution >= 0.6 is 0 Å². The molecule has 0 spiro atoms. The lowest BCUT2D eigenvalue weighted by atomic mass is 10.4. The molecule has 0 aromatic heterocycles. The molecular weight excluding hydrogens is 192 g/mol. The molecule has 0 bridgehead atoms. The van der Waals surface area contributed by atoms with E-state index < -0.39 is 0 Å².